The first kappa shape index (κ1) is 14.8. The van der Waals surface area contributed by atoms with Gasteiger partial charge in [-0.05, 0) is 26.3 Å². The van der Waals surface area contributed by atoms with E-state index in [1.54, 1.807) is 0 Å². The first-order chi connectivity index (χ1) is 8.77. The van der Waals surface area contributed by atoms with Crippen molar-refractivity contribution >= 4 is 0 Å². The lowest BCUT2D eigenvalue weighted by atomic mass is 10.3. The average molecular weight is 246 g/mol. The van der Waals surface area contributed by atoms with Crippen LogP contribution in [0.1, 0.15) is 20.3 Å². The van der Waals surface area contributed by atoms with Crippen molar-refractivity contribution in [2.45, 2.75) is 20.3 Å². The molecule has 2 nitrogen and oxygen atoms in total. The Kier molecular flexibility index (Phi) is 7.19. The molecule has 1 aliphatic rings. The summed E-state index contributed by atoms with van der Waals surface area (Å²) >= 11 is 0. The standard InChI is InChI=1S/C16H26N2/c1-4-6-8-10-16(3)18-13-9-12-17(14-15-18)11-7-5-2/h4-8,10H,3,9,11-15H2,1-2H3/b6-4-,7-5-,10-8-. The Balaban J connectivity index is 2.43. The second-order valence-electron chi connectivity index (χ2n) is 4.59. The maximum atomic E-state index is 4.15. The van der Waals surface area contributed by atoms with Crippen molar-refractivity contribution in [3.05, 3.63) is 48.7 Å². The molecule has 0 amide bonds. The van der Waals surface area contributed by atoms with Gasteiger partial charge in [-0.15, -0.1) is 0 Å². The maximum Gasteiger partial charge on any atom is 0.0305 e. The van der Waals surface area contributed by atoms with E-state index in [1.165, 1.54) is 13.0 Å². The topological polar surface area (TPSA) is 6.48 Å². The van der Waals surface area contributed by atoms with E-state index in [-0.39, 0.29) is 0 Å². The molecule has 2 heteroatoms. The quantitative estimate of drug-likeness (QED) is 0.543. The number of hydrogen-bond donors (Lipinski definition) is 0. The smallest absolute Gasteiger partial charge is 0.0305 e. The highest BCUT2D eigenvalue weighted by molar-refractivity contribution is 5.18. The molecule has 0 spiro atoms. The van der Waals surface area contributed by atoms with Crippen molar-refractivity contribution in [2.75, 3.05) is 32.7 Å². The molecule has 0 aliphatic carbocycles. The lowest BCUT2D eigenvalue weighted by Crippen LogP contribution is -2.30. The first-order valence-corrected chi connectivity index (χ1v) is 6.84. The van der Waals surface area contributed by atoms with Gasteiger partial charge in [0.2, 0.25) is 0 Å². The molecule has 18 heavy (non-hydrogen) atoms. The van der Waals surface area contributed by atoms with Gasteiger partial charge < -0.3 is 4.90 Å². The normalized spacial score (nSPS) is 19.1. The van der Waals surface area contributed by atoms with Crippen molar-refractivity contribution in [3.8, 4) is 0 Å². The van der Waals surface area contributed by atoms with Gasteiger partial charge in [0.05, 0.1) is 0 Å². The molecular formula is C16H26N2. The molecule has 0 saturated carbocycles. The van der Waals surface area contributed by atoms with Gasteiger partial charge in [-0.25, -0.2) is 0 Å². The minimum Gasteiger partial charge on any atom is -0.371 e. The van der Waals surface area contributed by atoms with Crippen LogP contribution in [0.4, 0.5) is 0 Å². The Bertz CT molecular complexity index is 326. The van der Waals surface area contributed by atoms with E-state index < -0.39 is 0 Å². The SMILES string of the molecule is C=C(/C=C\C=C/C)N1CCCN(C/C=C\C)CC1. The molecule has 1 heterocycles. The van der Waals surface area contributed by atoms with Crippen molar-refractivity contribution in [1.29, 1.82) is 0 Å². The minimum atomic E-state index is 1.07. The van der Waals surface area contributed by atoms with Crippen LogP contribution in [0.2, 0.25) is 0 Å². The van der Waals surface area contributed by atoms with Gasteiger partial charge in [0, 0.05) is 38.4 Å². The van der Waals surface area contributed by atoms with Gasteiger partial charge in [0.1, 0.15) is 0 Å². The molecule has 0 aromatic heterocycles. The number of allylic oxidation sites excluding steroid dienone is 5. The third-order valence-electron chi connectivity index (χ3n) is 3.19. The largest absolute Gasteiger partial charge is 0.371 e. The minimum absolute atomic E-state index is 1.07. The van der Waals surface area contributed by atoms with E-state index in [0.29, 0.717) is 0 Å². The van der Waals surface area contributed by atoms with Crippen LogP contribution in [-0.2, 0) is 0 Å². The molecule has 100 valence electrons. The highest BCUT2D eigenvalue weighted by Crippen LogP contribution is 2.09. The molecule has 1 saturated heterocycles. The number of nitrogens with zero attached hydrogens (tertiary/aromatic N) is 2. The van der Waals surface area contributed by atoms with E-state index in [9.17, 15) is 0 Å². The molecule has 0 radical (unpaired) electrons. The van der Waals surface area contributed by atoms with Crippen LogP contribution in [0, 0.1) is 0 Å². The predicted molar refractivity (Wildman–Crippen MR) is 80.5 cm³/mol. The summed E-state index contributed by atoms with van der Waals surface area (Å²) in [5, 5.41) is 0. The van der Waals surface area contributed by atoms with Gasteiger partial charge >= 0.3 is 0 Å². The second-order valence-corrected chi connectivity index (χ2v) is 4.59. The second kappa shape index (κ2) is 8.76. The summed E-state index contributed by atoms with van der Waals surface area (Å²) in [6, 6.07) is 0. The summed E-state index contributed by atoms with van der Waals surface area (Å²) in [5.41, 5.74) is 1.13. The molecule has 1 fully saturated rings. The fraction of sp³-hybridized carbons (Fsp3) is 0.500. The Labute approximate surface area is 112 Å². The molecule has 0 N–H and O–H groups in total. The van der Waals surface area contributed by atoms with E-state index in [4.69, 9.17) is 0 Å². The van der Waals surface area contributed by atoms with E-state index in [1.807, 2.05) is 19.1 Å². The average Bonchev–Trinajstić information content (AvgIpc) is 2.62. The van der Waals surface area contributed by atoms with E-state index in [0.717, 1.165) is 31.9 Å². The third kappa shape index (κ3) is 5.37. The van der Waals surface area contributed by atoms with Crippen molar-refractivity contribution in [1.82, 2.24) is 9.80 Å². The van der Waals surface area contributed by atoms with Crippen molar-refractivity contribution in [2.24, 2.45) is 0 Å². The van der Waals surface area contributed by atoms with Crippen LogP contribution in [0.15, 0.2) is 48.7 Å². The van der Waals surface area contributed by atoms with Gasteiger partial charge in [0.15, 0.2) is 0 Å². The van der Waals surface area contributed by atoms with Gasteiger partial charge in [-0.3, -0.25) is 4.90 Å². The summed E-state index contributed by atoms with van der Waals surface area (Å²) in [7, 11) is 0. The van der Waals surface area contributed by atoms with Crippen molar-refractivity contribution < 1.29 is 0 Å². The maximum absolute atomic E-state index is 4.15. The lowest BCUT2D eigenvalue weighted by Gasteiger charge is -2.23. The fourth-order valence-electron chi connectivity index (χ4n) is 2.08. The summed E-state index contributed by atoms with van der Waals surface area (Å²) in [4.78, 5) is 4.89. The van der Waals surface area contributed by atoms with Crippen molar-refractivity contribution in [3.63, 3.8) is 0 Å². The zero-order valence-corrected chi connectivity index (χ0v) is 11.8. The highest BCUT2D eigenvalue weighted by Gasteiger charge is 2.13. The Morgan fingerprint density at radius 1 is 1.06 bits per heavy atom. The summed E-state index contributed by atoms with van der Waals surface area (Å²) in [5.74, 6) is 0. The predicted octanol–water partition coefficient (Wildman–Crippen LogP) is 3.22. The zero-order chi connectivity index (χ0) is 13.2. The highest BCUT2D eigenvalue weighted by atomic mass is 15.2. The molecule has 0 unspecified atom stereocenters. The monoisotopic (exact) mass is 246 g/mol. The molecule has 0 aromatic carbocycles. The molecule has 1 rings (SSSR count). The third-order valence-corrected chi connectivity index (χ3v) is 3.19. The Morgan fingerprint density at radius 2 is 1.89 bits per heavy atom. The first-order valence-electron chi connectivity index (χ1n) is 6.84. The van der Waals surface area contributed by atoms with Crippen LogP contribution in [-0.4, -0.2) is 42.5 Å². The number of rotatable bonds is 5. The Morgan fingerprint density at radius 3 is 2.61 bits per heavy atom. The number of hydrogen-bond acceptors (Lipinski definition) is 2. The summed E-state index contributed by atoms with van der Waals surface area (Å²) in [6.07, 6.45) is 13.8. The summed E-state index contributed by atoms with van der Waals surface area (Å²) < 4.78 is 0. The van der Waals surface area contributed by atoms with Crippen LogP contribution in [0.3, 0.4) is 0 Å². The van der Waals surface area contributed by atoms with E-state index >= 15 is 0 Å². The van der Waals surface area contributed by atoms with Crippen LogP contribution in [0.5, 0.6) is 0 Å². The van der Waals surface area contributed by atoms with Gasteiger partial charge in [-0.2, -0.15) is 0 Å². The molecular weight excluding hydrogens is 220 g/mol. The van der Waals surface area contributed by atoms with Crippen LogP contribution in [0.25, 0.3) is 0 Å². The molecule has 0 aromatic rings. The molecule has 0 atom stereocenters. The van der Waals surface area contributed by atoms with E-state index in [2.05, 4.69) is 47.6 Å². The van der Waals surface area contributed by atoms with Crippen LogP contribution >= 0.6 is 0 Å². The molecule has 0 bridgehead atoms. The van der Waals surface area contributed by atoms with Crippen LogP contribution < -0.4 is 0 Å². The molecule has 1 aliphatic heterocycles. The zero-order valence-electron chi connectivity index (χ0n) is 11.8. The Hall–Kier alpha value is -1.28. The van der Waals surface area contributed by atoms with Gasteiger partial charge in [-0.1, -0.05) is 37.0 Å². The summed E-state index contributed by atoms with van der Waals surface area (Å²) in [6.45, 7) is 13.8. The lowest BCUT2D eigenvalue weighted by molar-refractivity contribution is 0.306. The fourth-order valence-corrected chi connectivity index (χ4v) is 2.08. The van der Waals surface area contributed by atoms with Gasteiger partial charge in [0.25, 0.3) is 0 Å².